The van der Waals surface area contributed by atoms with Gasteiger partial charge in [-0.2, -0.15) is 8.78 Å². The van der Waals surface area contributed by atoms with Gasteiger partial charge in [-0.1, -0.05) is 42.5 Å². The molecule has 0 aromatic heterocycles. The molecule has 1 aliphatic rings. The van der Waals surface area contributed by atoms with E-state index >= 15 is 0 Å². The first-order valence-electron chi connectivity index (χ1n) is 9.23. The van der Waals surface area contributed by atoms with Gasteiger partial charge in [0.1, 0.15) is 5.75 Å². The summed E-state index contributed by atoms with van der Waals surface area (Å²) < 4.78 is 28.7. The number of amides is 1. The standard InChI is InChI=1S/C21H25F2N3O2.ClH/c1-25(11-15-7-9-17(10-8-15)28-21(22)23)20(27)14-26-12-18(19(24)13-26)16-5-3-2-4-6-16;/h2-10,18-19,21H,11-14,24H2,1H3;1H/t18-,19+;/m0./s1. The lowest BCUT2D eigenvalue weighted by Crippen LogP contribution is -2.38. The van der Waals surface area contributed by atoms with Crippen LogP contribution in [0.25, 0.3) is 0 Å². The number of ether oxygens (including phenoxy) is 1. The SMILES string of the molecule is CN(Cc1ccc(OC(F)F)cc1)C(=O)CN1C[C@@H](N)[C@H](c2ccccc2)C1.Cl. The molecule has 5 nitrogen and oxygen atoms in total. The minimum atomic E-state index is -2.85. The van der Waals surface area contributed by atoms with Crippen molar-refractivity contribution in [2.45, 2.75) is 25.1 Å². The Bertz CT molecular complexity index is 777. The van der Waals surface area contributed by atoms with Crippen LogP contribution in [0.2, 0.25) is 0 Å². The van der Waals surface area contributed by atoms with Crippen LogP contribution in [0, 0.1) is 0 Å². The van der Waals surface area contributed by atoms with Crippen LogP contribution in [-0.4, -0.2) is 55.0 Å². The fourth-order valence-electron chi connectivity index (χ4n) is 3.55. The highest BCUT2D eigenvalue weighted by atomic mass is 35.5. The van der Waals surface area contributed by atoms with E-state index in [0.717, 1.165) is 12.1 Å². The number of hydrogen-bond donors (Lipinski definition) is 1. The zero-order valence-corrected chi connectivity index (χ0v) is 17.0. The van der Waals surface area contributed by atoms with E-state index in [-0.39, 0.29) is 36.0 Å². The summed E-state index contributed by atoms with van der Waals surface area (Å²) in [5, 5.41) is 0. The molecule has 2 aromatic carbocycles. The number of nitrogens with two attached hydrogens (primary N) is 1. The molecule has 1 saturated heterocycles. The molecule has 1 heterocycles. The summed E-state index contributed by atoms with van der Waals surface area (Å²) in [6, 6.07) is 16.4. The zero-order chi connectivity index (χ0) is 20.1. The number of rotatable bonds is 7. The predicted molar refractivity (Wildman–Crippen MR) is 110 cm³/mol. The second-order valence-electron chi connectivity index (χ2n) is 7.15. The molecule has 3 rings (SSSR count). The van der Waals surface area contributed by atoms with Crippen LogP contribution in [0.4, 0.5) is 8.78 Å². The number of alkyl halides is 2. The van der Waals surface area contributed by atoms with Crippen molar-refractivity contribution in [3.05, 3.63) is 65.7 Å². The van der Waals surface area contributed by atoms with Crippen LogP contribution >= 0.6 is 12.4 Å². The largest absolute Gasteiger partial charge is 0.435 e. The summed E-state index contributed by atoms with van der Waals surface area (Å²) in [7, 11) is 1.73. The number of hydrogen-bond acceptors (Lipinski definition) is 4. The van der Waals surface area contributed by atoms with Crippen molar-refractivity contribution in [3.63, 3.8) is 0 Å². The molecule has 2 atom stereocenters. The van der Waals surface area contributed by atoms with Crippen LogP contribution in [0.1, 0.15) is 17.0 Å². The highest BCUT2D eigenvalue weighted by Crippen LogP contribution is 2.26. The highest BCUT2D eigenvalue weighted by molar-refractivity contribution is 5.85. The molecule has 1 amide bonds. The molecule has 1 fully saturated rings. The fraction of sp³-hybridized carbons (Fsp3) is 0.381. The van der Waals surface area contributed by atoms with Gasteiger partial charge in [0.15, 0.2) is 0 Å². The molecule has 2 aromatic rings. The van der Waals surface area contributed by atoms with Crippen molar-refractivity contribution in [2.24, 2.45) is 5.73 Å². The maximum atomic E-state index is 12.6. The Morgan fingerprint density at radius 3 is 2.45 bits per heavy atom. The first kappa shape index (κ1) is 23.1. The molecule has 0 bridgehead atoms. The molecule has 8 heteroatoms. The average Bonchev–Trinajstić information content (AvgIpc) is 3.03. The van der Waals surface area contributed by atoms with Crippen LogP contribution < -0.4 is 10.5 Å². The van der Waals surface area contributed by atoms with Gasteiger partial charge in [0.25, 0.3) is 0 Å². The van der Waals surface area contributed by atoms with Crippen molar-refractivity contribution >= 4 is 18.3 Å². The normalized spacial score (nSPS) is 19.1. The summed E-state index contributed by atoms with van der Waals surface area (Å²) in [6.07, 6.45) is 0. The fourth-order valence-corrected chi connectivity index (χ4v) is 3.55. The van der Waals surface area contributed by atoms with Gasteiger partial charge in [-0.3, -0.25) is 9.69 Å². The summed E-state index contributed by atoms with van der Waals surface area (Å²) in [5.74, 6) is 0.321. The quantitative estimate of drug-likeness (QED) is 0.740. The third-order valence-electron chi connectivity index (χ3n) is 5.02. The number of carbonyl (C=O) groups excluding carboxylic acids is 1. The molecule has 1 aliphatic heterocycles. The summed E-state index contributed by atoms with van der Waals surface area (Å²) in [4.78, 5) is 16.3. The predicted octanol–water partition coefficient (Wildman–Crippen LogP) is 3.09. The van der Waals surface area contributed by atoms with Crippen LogP contribution in [0.5, 0.6) is 5.75 Å². The summed E-state index contributed by atoms with van der Waals surface area (Å²) in [5.41, 5.74) is 8.34. The van der Waals surface area contributed by atoms with E-state index in [1.165, 1.54) is 17.7 Å². The summed E-state index contributed by atoms with van der Waals surface area (Å²) in [6.45, 7) is -0.708. The molecule has 0 aliphatic carbocycles. The zero-order valence-electron chi connectivity index (χ0n) is 16.2. The Hall–Kier alpha value is -2.22. The number of nitrogens with zero attached hydrogens (tertiary/aromatic N) is 2. The maximum absolute atomic E-state index is 12.6. The minimum absolute atomic E-state index is 0. The van der Waals surface area contributed by atoms with E-state index < -0.39 is 6.61 Å². The number of carbonyl (C=O) groups is 1. The second-order valence-corrected chi connectivity index (χ2v) is 7.15. The van der Waals surface area contributed by atoms with Gasteiger partial charge < -0.3 is 15.4 Å². The van der Waals surface area contributed by atoms with Crippen LogP contribution in [0.15, 0.2) is 54.6 Å². The molecule has 29 heavy (non-hydrogen) atoms. The maximum Gasteiger partial charge on any atom is 0.387 e. The molecule has 0 unspecified atom stereocenters. The van der Waals surface area contributed by atoms with Crippen molar-refractivity contribution in [3.8, 4) is 5.75 Å². The van der Waals surface area contributed by atoms with E-state index in [1.54, 1.807) is 24.1 Å². The number of likely N-dealkylation sites (N-methyl/N-ethyl adjacent to an activating group) is 1. The highest BCUT2D eigenvalue weighted by Gasteiger charge is 2.32. The van der Waals surface area contributed by atoms with E-state index in [0.29, 0.717) is 19.6 Å². The van der Waals surface area contributed by atoms with E-state index in [2.05, 4.69) is 21.8 Å². The molecule has 0 spiro atoms. The molecular weight excluding hydrogens is 400 g/mol. The average molecular weight is 426 g/mol. The van der Waals surface area contributed by atoms with Gasteiger partial charge in [-0.25, -0.2) is 0 Å². The van der Waals surface area contributed by atoms with Gasteiger partial charge in [0.05, 0.1) is 6.54 Å². The molecule has 0 saturated carbocycles. The minimum Gasteiger partial charge on any atom is -0.435 e. The van der Waals surface area contributed by atoms with Crippen molar-refractivity contribution < 1.29 is 18.3 Å². The monoisotopic (exact) mass is 425 g/mol. The Kier molecular flexibility index (Phi) is 8.37. The first-order valence-corrected chi connectivity index (χ1v) is 9.23. The molecule has 158 valence electrons. The van der Waals surface area contributed by atoms with E-state index in [1.807, 2.05) is 18.2 Å². The third kappa shape index (κ3) is 6.39. The van der Waals surface area contributed by atoms with Crippen molar-refractivity contribution in [2.75, 3.05) is 26.7 Å². The van der Waals surface area contributed by atoms with E-state index in [9.17, 15) is 13.6 Å². The van der Waals surface area contributed by atoms with Crippen LogP contribution in [-0.2, 0) is 11.3 Å². The second kappa shape index (κ2) is 10.5. The number of benzene rings is 2. The lowest BCUT2D eigenvalue weighted by Gasteiger charge is -2.22. The summed E-state index contributed by atoms with van der Waals surface area (Å²) >= 11 is 0. The molecular formula is C21H26ClF2N3O2. The van der Waals surface area contributed by atoms with Gasteiger partial charge in [-0.05, 0) is 23.3 Å². The topological polar surface area (TPSA) is 58.8 Å². The lowest BCUT2D eigenvalue weighted by atomic mass is 9.95. The number of likely N-dealkylation sites (tertiary alicyclic amines) is 1. The van der Waals surface area contributed by atoms with Gasteiger partial charge in [0, 0.05) is 38.6 Å². The smallest absolute Gasteiger partial charge is 0.387 e. The van der Waals surface area contributed by atoms with Gasteiger partial charge >= 0.3 is 6.61 Å². The Balaban J connectivity index is 0.00000300. The lowest BCUT2D eigenvalue weighted by molar-refractivity contribution is -0.131. The van der Waals surface area contributed by atoms with Gasteiger partial charge in [-0.15, -0.1) is 12.4 Å². The van der Waals surface area contributed by atoms with E-state index in [4.69, 9.17) is 5.73 Å². The van der Waals surface area contributed by atoms with Crippen LogP contribution in [0.3, 0.4) is 0 Å². The Labute approximate surface area is 175 Å². The van der Waals surface area contributed by atoms with Crippen molar-refractivity contribution in [1.29, 1.82) is 0 Å². The van der Waals surface area contributed by atoms with Crippen molar-refractivity contribution in [1.82, 2.24) is 9.80 Å². The molecule has 2 N–H and O–H groups in total. The Morgan fingerprint density at radius 1 is 1.17 bits per heavy atom. The first-order chi connectivity index (χ1) is 13.4. The molecule has 0 radical (unpaired) electrons. The van der Waals surface area contributed by atoms with Gasteiger partial charge in [0.2, 0.25) is 5.91 Å². The third-order valence-corrected chi connectivity index (χ3v) is 5.02. The number of halogens is 3. The Morgan fingerprint density at radius 2 is 1.83 bits per heavy atom.